The van der Waals surface area contributed by atoms with Gasteiger partial charge in [-0.05, 0) is 69.0 Å². The predicted molar refractivity (Wildman–Crippen MR) is 120 cm³/mol. The van der Waals surface area contributed by atoms with Crippen molar-refractivity contribution in [1.82, 2.24) is 5.32 Å². The summed E-state index contributed by atoms with van der Waals surface area (Å²) in [5.41, 5.74) is 4.55. The van der Waals surface area contributed by atoms with E-state index in [1.54, 1.807) is 12.1 Å². The highest BCUT2D eigenvalue weighted by atomic mass is 16.5. The summed E-state index contributed by atoms with van der Waals surface area (Å²) in [4.78, 5) is 48.0. The summed E-state index contributed by atoms with van der Waals surface area (Å²) in [6.07, 6.45) is 1.82. The number of benzene rings is 2. The van der Waals surface area contributed by atoms with Gasteiger partial charge in [-0.15, -0.1) is 0 Å². The van der Waals surface area contributed by atoms with Crippen molar-refractivity contribution in [3.8, 4) is 0 Å². The molecule has 1 aliphatic rings. The normalized spacial score (nSPS) is 12.6. The van der Waals surface area contributed by atoms with Crippen LogP contribution in [0.5, 0.6) is 0 Å². The molecule has 3 rings (SSSR count). The summed E-state index contributed by atoms with van der Waals surface area (Å²) in [6.45, 7) is 5.05. The minimum absolute atomic E-state index is 0.0197. The number of amides is 3. The van der Waals surface area contributed by atoms with Crippen LogP contribution in [0.3, 0.4) is 0 Å². The lowest BCUT2D eigenvalue weighted by molar-refractivity contribution is -0.126. The first kappa shape index (κ1) is 23.0. The molecule has 1 aliphatic carbocycles. The maximum absolute atomic E-state index is 12.2. The summed E-state index contributed by atoms with van der Waals surface area (Å²) in [7, 11) is 0. The first-order valence-corrected chi connectivity index (χ1v) is 10.5. The van der Waals surface area contributed by atoms with Crippen LogP contribution in [0.4, 0.5) is 11.4 Å². The molecule has 1 fully saturated rings. The third-order valence-electron chi connectivity index (χ3n) is 5.06. The minimum Gasteiger partial charge on any atom is -0.452 e. The molecule has 2 aromatic carbocycles. The van der Waals surface area contributed by atoms with Gasteiger partial charge in [-0.2, -0.15) is 0 Å². The second kappa shape index (κ2) is 10.1. The van der Waals surface area contributed by atoms with E-state index in [4.69, 9.17) is 4.74 Å². The highest BCUT2D eigenvalue weighted by molar-refractivity contribution is 5.97. The van der Waals surface area contributed by atoms with E-state index >= 15 is 0 Å². The van der Waals surface area contributed by atoms with E-state index in [2.05, 4.69) is 16.0 Å². The van der Waals surface area contributed by atoms with Gasteiger partial charge in [0.25, 0.3) is 5.91 Å². The molecule has 0 spiro atoms. The van der Waals surface area contributed by atoms with Crippen molar-refractivity contribution in [3.63, 3.8) is 0 Å². The van der Waals surface area contributed by atoms with E-state index in [1.165, 1.54) is 12.1 Å². The molecule has 8 nitrogen and oxygen atoms in total. The molecular formula is C24H27N3O5. The topological polar surface area (TPSA) is 114 Å². The van der Waals surface area contributed by atoms with Crippen LogP contribution < -0.4 is 16.0 Å². The zero-order valence-corrected chi connectivity index (χ0v) is 18.4. The molecule has 0 atom stereocenters. The molecule has 0 radical (unpaired) electrons. The van der Waals surface area contributed by atoms with Gasteiger partial charge < -0.3 is 20.7 Å². The van der Waals surface area contributed by atoms with Crippen LogP contribution >= 0.6 is 0 Å². The number of rotatable bonds is 8. The van der Waals surface area contributed by atoms with Crippen molar-refractivity contribution in [3.05, 3.63) is 58.7 Å². The lowest BCUT2D eigenvalue weighted by Crippen LogP contribution is -2.35. The Morgan fingerprint density at radius 1 is 0.906 bits per heavy atom. The zero-order chi connectivity index (χ0) is 23.3. The lowest BCUT2D eigenvalue weighted by atomic mass is 10.1. The number of anilines is 2. The highest BCUT2D eigenvalue weighted by Gasteiger charge is 2.29. The Kier molecular flexibility index (Phi) is 7.25. The van der Waals surface area contributed by atoms with Gasteiger partial charge in [-0.1, -0.05) is 17.7 Å². The predicted octanol–water partition coefficient (Wildman–Crippen LogP) is 2.87. The standard InChI is InChI=1S/C24H27N3O5/c1-14-10-15(2)22(16(3)11-14)27-20(28)12-25-21(29)13-32-24(31)18-6-8-19(9-7-18)26-23(30)17-4-5-17/h6-11,17H,4-5,12-13H2,1-3H3,(H,25,29)(H,26,30)(H,27,28). The highest BCUT2D eigenvalue weighted by Crippen LogP contribution is 2.30. The molecule has 8 heteroatoms. The third-order valence-corrected chi connectivity index (χ3v) is 5.06. The number of carbonyl (C=O) groups is 4. The Morgan fingerprint density at radius 3 is 2.12 bits per heavy atom. The smallest absolute Gasteiger partial charge is 0.338 e. The number of nitrogens with one attached hydrogen (secondary N) is 3. The Labute approximate surface area is 186 Å². The van der Waals surface area contributed by atoms with E-state index in [0.29, 0.717) is 5.69 Å². The van der Waals surface area contributed by atoms with Crippen LogP contribution in [0, 0.1) is 26.7 Å². The summed E-state index contributed by atoms with van der Waals surface area (Å²) >= 11 is 0. The molecule has 0 bridgehead atoms. The van der Waals surface area contributed by atoms with Crippen molar-refractivity contribution < 1.29 is 23.9 Å². The second-order valence-corrected chi connectivity index (χ2v) is 8.02. The SMILES string of the molecule is Cc1cc(C)c(NC(=O)CNC(=O)COC(=O)c2ccc(NC(=O)C3CC3)cc2)c(C)c1. The summed E-state index contributed by atoms with van der Waals surface area (Å²) in [6, 6.07) is 10.2. The van der Waals surface area contributed by atoms with E-state index in [1.807, 2.05) is 32.9 Å². The quantitative estimate of drug-likeness (QED) is 0.550. The Hall–Kier alpha value is -3.68. The van der Waals surface area contributed by atoms with Crippen molar-refractivity contribution in [2.24, 2.45) is 5.92 Å². The summed E-state index contributed by atoms with van der Waals surface area (Å²) < 4.78 is 4.99. The van der Waals surface area contributed by atoms with Crippen molar-refractivity contribution in [2.75, 3.05) is 23.8 Å². The fourth-order valence-electron chi connectivity index (χ4n) is 3.28. The van der Waals surface area contributed by atoms with Gasteiger partial charge in [0.2, 0.25) is 11.8 Å². The van der Waals surface area contributed by atoms with Crippen LogP contribution in [0.1, 0.15) is 39.9 Å². The molecule has 0 heterocycles. The maximum atomic E-state index is 12.2. The fourth-order valence-corrected chi connectivity index (χ4v) is 3.28. The average Bonchev–Trinajstić information content (AvgIpc) is 3.59. The van der Waals surface area contributed by atoms with Crippen molar-refractivity contribution in [1.29, 1.82) is 0 Å². The number of esters is 1. The van der Waals surface area contributed by atoms with Gasteiger partial charge in [0.05, 0.1) is 12.1 Å². The van der Waals surface area contributed by atoms with Crippen molar-refractivity contribution in [2.45, 2.75) is 33.6 Å². The average molecular weight is 437 g/mol. The number of ether oxygens (including phenoxy) is 1. The Morgan fingerprint density at radius 2 is 1.53 bits per heavy atom. The summed E-state index contributed by atoms with van der Waals surface area (Å²) in [5.74, 6) is -1.56. The van der Waals surface area contributed by atoms with Crippen LogP contribution in [-0.4, -0.2) is 36.8 Å². The molecular weight excluding hydrogens is 410 g/mol. The largest absolute Gasteiger partial charge is 0.452 e. The zero-order valence-electron chi connectivity index (χ0n) is 18.4. The van der Waals surface area contributed by atoms with Crippen LogP contribution in [0.15, 0.2) is 36.4 Å². The molecule has 2 aromatic rings. The van der Waals surface area contributed by atoms with Gasteiger partial charge in [0, 0.05) is 17.3 Å². The van der Waals surface area contributed by atoms with Gasteiger partial charge in [0.15, 0.2) is 6.61 Å². The summed E-state index contributed by atoms with van der Waals surface area (Å²) in [5, 5.41) is 8.00. The lowest BCUT2D eigenvalue weighted by Gasteiger charge is -2.13. The number of hydrogen-bond donors (Lipinski definition) is 3. The molecule has 3 amide bonds. The van der Waals surface area contributed by atoms with Crippen LogP contribution in [-0.2, 0) is 19.1 Å². The second-order valence-electron chi connectivity index (χ2n) is 8.02. The molecule has 0 aromatic heterocycles. The first-order chi connectivity index (χ1) is 15.2. The monoisotopic (exact) mass is 437 g/mol. The molecule has 168 valence electrons. The van der Waals surface area contributed by atoms with Crippen LogP contribution in [0.25, 0.3) is 0 Å². The van der Waals surface area contributed by atoms with Crippen molar-refractivity contribution >= 4 is 35.1 Å². The van der Waals surface area contributed by atoms with Crippen LogP contribution in [0.2, 0.25) is 0 Å². The van der Waals surface area contributed by atoms with E-state index < -0.39 is 18.5 Å². The van der Waals surface area contributed by atoms with Gasteiger partial charge >= 0.3 is 5.97 Å². The van der Waals surface area contributed by atoms with Gasteiger partial charge in [-0.25, -0.2) is 4.79 Å². The molecule has 0 unspecified atom stereocenters. The fraction of sp³-hybridized carbons (Fsp3) is 0.333. The Balaban J connectivity index is 1.41. The van der Waals surface area contributed by atoms with Gasteiger partial charge in [0.1, 0.15) is 0 Å². The molecule has 0 saturated heterocycles. The maximum Gasteiger partial charge on any atom is 0.338 e. The third kappa shape index (κ3) is 6.41. The minimum atomic E-state index is -0.671. The Bertz CT molecular complexity index is 1020. The number of aryl methyl sites for hydroxylation is 3. The molecule has 32 heavy (non-hydrogen) atoms. The first-order valence-electron chi connectivity index (χ1n) is 10.5. The van der Waals surface area contributed by atoms with E-state index in [-0.39, 0.29) is 29.8 Å². The number of hydrogen-bond acceptors (Lipinski definition) is 5. The van der Waals surface area contributed by atoms with E-state index in [0.717, 1.165) is 35.2 Å². The van der Waals surface area contributed by atoms with Gasteiger partial charge in [-0.3, -0.25) is 14.4 Å². The molecule has 3 N–H and O–H groups in total. The molecule has 0 aliphatic heterocycles. The molecule has 1 saturated carbocycles. The van der Waals surface area contributed by atoms with E-state index in [9.17, 15) is 19.2 Å². The number of carbonyl (C=O) groups excluding carboxylic acids is 4.